The van der Waals surface area contributed by atoms with Crippen LogP contribution in [-0.2, 0) is 6.42 Å². The number of aryl methyl sites for hydroxylation is 1. The minimum Gasteiger partial charge on any atom is -0.322 e. The number of pyridine rings is 1. The van der Waals surface area contributed by atoms with Crippen molar-refractivity contribution in [3.05, 3.63) is 89.2 Å². The van der Waals surface area contributed by atoms with Crippen molar-refractivity contribution < 1.29 is 14.4 Å². The van der Waals surface area contributed by atoms with Gasteiger partial charge in [-0.2, -0.15) is 0 Å². The summed E-state index contributed by atoms with van der Waals surface area (Å²) in [5.74, 6) is -0.869. The van der Waals surface area contributed by atoms with Crippen molar-refractivity contribution >= 4 is 29.0 Å². The fourth-order valence-corrected chi connectivity index (χ4v) is 2.85. The summed E-state index contributed by atoms with van der Waals surface area (Å²) in [5.41, 5.74) is 3.18. The molecule has 0 atom stereocenters. The number of nitrogens with zero attached hydrogens (tertiary/aromatic N) is 1. The van der Waals surface area contributed by atoms with Crippen molar-refractivity contribution in [2.24, 2.45) is 0 Å². The van der Waals surface area contributed by atoms with E-state index in [9.17, 15) is 14.4 Å². The maximum absolute atomic E-state index is 12.6. The van der Waals surface area contributed by atoms with Crippen LogP contribution in [0, 0.1) is 0 Å². The number of nitrogens with one attached hydrogen (secondary N) is 2. The molecule has 2 N–H and O–H groups in total. The lowest BCUT2D eigenvalue weighted by Crippen LogP contribution is -2.17. The van der Waals surface area contributed by atoms with Gasteiger partial charge in [0.05, 0.1) is 0 Å². The molecule has 0 aliphatic carbocycles. The summed E-state index contributed by atoms with van der Waals surface area (Å²) in [6, 6.07) is 17.2. The van der Waals surface area contributed by atoms with Crippen molar-refractivity contribution in [1.29, 1.82) is 0 Å². The molecule has 1 aromatic heterocycles. The van der Waals surface area contributed by atoms with E-state index < -0.39 is 5.91 Å². The Labute approximate surface area is 169 Å². The van der Waals surface area contributed by atoms with Crippen LogP contribution in [0.5, 0.6) is 0 Å². The van der Waals surface area contributed by atoms with E-state index in [0.717, 1.165) is 17.7 Å². The third-order valence-corrected chi connectivity index (χ3v) is 4.43. The molecule has 0 unspecified atom stereocenters. The van der Waals surface area contributed by atoms with E-state index in [1.54, 1.807) is 24.3 Å². The number of ketones is 1. The molecule has 0 saturated heterocycles. The first-order valence-corrected chi connectivity index (χ1v) is 9.25. The molecule has 29 heavy (non-hydrogen) atoms. The number of anilines is 2. The Bertz CT molecular complexity index is 1080. The minimum atomic E-state index is -0.392. The Morgan fingerprint density at radius 1 is 0.862 bits per heavy atom. The maximum atomic E-state index is 12.6. The third kappa shape index (κ3) is 4.93. The molecule has 3 aromatic rings. The number of aromatic nitrogens is 1. The number of carbonyl (C=O) groups is 3. The number of Topliss-reactive ketones (excluding diaryl/α,β-unsaturated/α-hetero) is 1. The number of para-hydroxylation sites is 1. The molecule has 0 aliphatic rings. The molecule has 3 rings (SSSR count). The highest BCUT2D eigenvalue weighted by atomic mass is 16.2. The highest BCUT2D eigenvalue weighted by Crippen LogP contribution is 2.17. The lowest BCUT2D eigenvalue weighted by atomic mass is 10.1. The molecule has 0 bridgehead atoms. The molecule has 0 radical (unpaired) electrons. The van der Waals surface area contributed by atoms with Crippen molar-refractivity contribution in [2.75, 3.05) is 10.6 Å². The number of hydrogen-bond donors (Lipinski definition) is 2. The summed E-state index contributed by atoms with van der Waals surface area (Å²) in [5, 5.41) is 5.58. The number of hydrogen-bond acceptors (Lipinski definition) is 4. The zero-order valence-corrected chi connectivity index (χ0v) is 16.2. The molecular weight excluding hydrogens is 366 g/mol. The van der Waals surface area contributed by atoms with Crippen LogP contribution >= 0.6 is 0 Å². The van der Waals surface area contributed by atoms with E-state index >= 15 is 0 Å². The first kappa shape index (κ1) is 19.9. The van der Waals surface area contributed by atoms with Gasteiger partial charge in [-0.1, -0.05) is 37.3 Å². The molecule has 6 heteroatoms. The topological polar surface area (TPSA) is 88.2 Å². The zero-order chi connectivity index (χ0) is 20.8. The van der Waals surface area contributed by atoms with Gasteiger partial charge in [-0.15, -0.1) is 0 Å². The van der Waals surface area contributed by atoms with Gasteiger partial charge in [-0.3, -0.25) is 19.4 Å². The summed E-state index contributed by atoms with van der Waals surface area (Å²) in [6.07, 6.45) is 2.20. The summed E-state index contributed by atoms with van der Waals surface area (Å²) in [6.45, 7) is 3.47. The quantitative estimate of drug-likeness (QED) is 0.616. The smallest absolute Gasteiger partial charge is 0.274 e. The summed E-state index contributed by atoms with van der Waals surface area (Å²) >= 11 is 0. The second kappa shape index (κ2) is 8.93. The van der Waals surface area contributed by atoms with Crippen molar-refractivity contribution in [2.45, 2.75) is 20.3 Å². The van der Waals surface area contributed by atoms with Gasteiger partial charge in [0.1, 0.15) is 5.69 Å². The summed E-state index contributed by atoms with van der Waals surface area (Å²) < 4.78 is 0. The summed E-state index contributed by atoms with van der Waals surface area (Å²) in [4.78, 5) is 40.7. The number of benzene rings is 2. The van der Waals surface area contributed by atoms with Gasteiger partial charge in [0, 0.05) is 28.7 Å². The van der Waals surface area contributed by atoms with Gasteiger partial charge in [0.25, 0.3) is 11.8 Å². The Kier molecular flexibility index (Phi) is 6.14. The summed E-state index contributed by atoms with van der Waals surface area (Å²) in [7, 11) is 0. The average molecular weight is 387 g/mol. The number of amides is 2. The van der Waals surface area contributed by atoms with E-state index in [1.165, 1.54) is 25.3 Å². The largest absolute Gasteiger partial charge is 0.322 e. The van der Waals surface area contributed by atoms with Gasteiger partial charge in [0.2, 0.25) is 0 Å². The first-order chi connectivity index (χ1) is 14.0. The van der Waals surface area contributed by atoms with Crippen LogP contribution in [-0.4, -0.2) is 22.6 Å². The Hall–Kier alpha value is -3.80. The van der Waals surface area contributed by atoms with Crippen molar-refractivity contribution in [3.8, 4) is 0 Å². The van der Waals surface area contributed by atoms with Gasteiger partial charge < -0.3 is 10.6 Å². The fraction of sp³-hybridized carbons (Fsp3) is 0.130. The van der Waals surface area contributed by atoms with E-state index in [4.69, 9.17) is 0 Å². The predicted octanol–water partition coefficient (Wildman–Crippen LogP) is 4.35. The second-order valence-electron chi connectivity index (χ2n) is 6.49. The molecule has 0 saturated carbocycles. The lowest BCUT2D eigenvalue weighted by molar-refractivity contribution is 0.100. The third-order valence-electron chi connectivity index (χ3n) is 4.43. The molecule has 0 aliphatic heterocycles. The van der Waals surface area contributed by atoms with Gasteiger partial charge in [-0.25, -0.2) is 0 Å². The van der Waals surface area contributed by atoms with Gasteiger partial charge in [-0.05, 0) is 49.2 Å². The van der Waals surface area contributed by atoms with E-state index in [2.05, 4.69) is 15.6 Å². The molecular formula is C23H21N3O3. The fourth-order valence-electron chi connectivity index (χ4n) is 2.85. The predicted molar refractivity (Wildman–Crippen MR) is 112 cm³/mol. The van der Waals surface area contributed by atoms with Crippen LogP contribution < -0.4 is 10.6 Å². The van der Waals surface area contributed by atoms with Crippen LogP contribution in [0.1, 0.15) is 50.6 Å². The Morgan fingerprint density at radius 2 is 1.66 bits per heavy atom. The van der Waals surface area contributed by atoms with E-state index in [1.807, 2.05) is 31.2 Å². The van der Waals surface area contributed by atoms with Crippen LogP contribution in [0.15, 0.2) is 66.9 Å². The van der Waals surface area contributed by atoms with E-state index in [-0.39, 0.29) is 17.4 Å². The number of rotatable bonds is 6. The van der Waals surface area contributed by atoms with Crippen molar-refractivity contribution in [3.63, 3.8) is 0 Å². The highest BCUT2D eigenvalue weighted by molar-refractivity contribution is 6.08. The van der Waals surface area contributed by atoms with Crippen LogP contribution in [0.2, 0.25) is 0 Å². The zero-order valence-electron chi connectivity index (χ0n) is 16.2. The standard InChI is InChI=1S/C23H21N3O3/c1-3-16-7-4-5-10-20(16)26-23(29)21-14-18(11-12-24-21)22(28)25-19-9-6-8-17(13-19)15(2)27/h4-14H,3H2,1-2H3,(H,25,28)(H,26,29). The normalized spacial score (nSPS) is 10.3. The maximum Gasteiger partial charge on any atom is 0.274 e. The van der Waals surface area contributed by atoms with Crippen LogP contribution in [0.4, 0.5) is 11.4 Å². The first-order valence-electron chi connectivity index (χ1n) is 9.25. The molecule has 1 heterocycles. The average Bonchev–Trinajstić information content (AvgIpc) is 2.74. The highest BCUT2D eigenvalue weighted by Gasteiger charge is 2.14. The molecule has 2 amide bonds. The molecule has 146 valence electrons. The molecule has 6 nitrogen and oxygen atoms in total. The Morgan fingerprint density at radius 3 is 2.41 bits per heavy atom. The van der Waals surface area contributed by atoms with Crippen molar-refractivity contribution in [1.82, 2.24) is 4.98 Å². The molecule has 0 spiro atoms. The van der Waals surface area contributed by atoms with E-state index in [0.29, 0.717) is 16.8 Å². The second-order valence-corrected chi connectivity index (χ2v) is 6.49. The van der Waals surface area contributed by atoms with Gasteiger partial charge in [0.15, 0.2) is 5.78 Å². The lowest BCUT2D eigenvalue weighted by Gasteiger charge is -2.10. The SMILES string of the molecule is CCc1ccccc1NC(=O)c1cc(C(=O)Nc2cccc(C(C)=O)c2)ccn1. The minimum absolute atomic E-state index is 0.0867. The number of carbonyl (C=O) groups excluding carboxylic acids is 3. The van der Waals surface area contributed by atoms with Gasteiger partial charge >= 0.3 is 0 Å². The van der Waals surface area contributed by atoms with Crippen LogP contribution in [0.25, 0.3) is 0 Å². The molecule has 2 aromatic carbocycles. The molecule has 0 fully saturated rings. The Balaban J connectivity index is 1.76. The van der Waals surface area contributed by atoms with Crippen LogP contribution in [0.3, 0.4) is 0 Å². The monoisotopic (exact) mass is 387 g/mol.